The molecular weight excluding hydrogens is 304 g/mol. The summed E-state index contributed by atoms with van der Waals surface area (Å²) in [6, 6.07) is 16.9. The van der Waals surface area contributed by atoms with E-state index in [1.807, 2.05) is 36.4 Å². The summed E-state index contributed by atoms with van der Waals surface area (Å²) >= 11 is 7.34. The lowest BCUT2D eigenvalue weighted by Gasteiger charge is -2.00. The summed E-state index contributed by atoms with van der Waals surface area (Å²) in [6.07, 6.45) is 0. The summed E-state index contributed by atoms with van der Waals surface area (Å²) in [5.74, 6) is 0. The number of anilines is 1. The van der Waals surface area contributed by atoms with Crippen molar-refractivity contribution in [3.8, 4) is 6.07 Å². The first-order valence-electron chi connectivity index (χ1n) is 6.11. The number of thiazole rings is 1. The molecule has 2 aromatic carbocycles. The van der Waals surface area contributed by atoms with Gasteiger partial charge in [0.2, 0.25) is 0 Å². The number of aromatic nitrogens is 1. The predicted molar refractivity (Wildman–Crippen MR) is 86.8 cm³/mol. The number of para-hydroxylation sites is 1. The Hall–Kier alpha value is -2.42. The largest absolute Gasteiger partial charge is 0.277 e. The highest BCUT2D eigenvalue weighted by molar-refractivity contribution is 7.20. The third-order valence-corrected chi connectivity index (χ3v) is 4.00. The van der Waals surface area contributed by atoms with Gasteiger partial charge in [-0.1, -0.05) is 29.8 Å². The van der Waals surface area contributed by atoms with Gasteiger partial charge in [-0.3, -0.25) is 5.43 Å². The van der Waals surface area contributed by atoms with Gasteiger partial charge in [0.1, 0.15) is 6.07 Å². The van der Waals surface area contributed by atoms with E-state index in [2.05, 4.69) is 21.6 Å². The van der Waals surface area contributed by atoms with Crippen molar-refractivity contribution < 1.29 is 0 Å². The predicted octanol–water partition coefficient (Wildman–Crippen LogP) is 4.29. The second-order valence-corrected chi connectivity index (χ2v) is 5.65. The minimum absolute atomic E-state index is 0.246. The average molecular weight is 313 g/mol. The molecule has 0 spiro atoms. The first-order chi connectivity index (χ1) is 10.3. The molecule has 1 heterocycles. The highest BCUT2D eigenvalue weighted by Crippen LogP contribution is 2.22. The fraction of sp³-hybridized carbons (Fsp3) is 0. The highest BCUT2D eigenvalue weighted by atomic mass is 35.5. The number of hydrogen-bond acceptors (Lipinski definition) is 5. The normalized spacial score (nSPS) is 11.3. The fourth-order valence-corrected chi connectivity index (χ4v) is 2.87. The highest BCUT2D eigenvalue weighted by Gasteiger charge is 2.09. The molecule has 0 bridgehead atoms. The monoisotopic (exact) mass is 312 g/mol. The van der Waals surface area contributed by atoms with Crippen molar-refractivity contribution in [3.63, 3.8) is 0 Å². The Bertz CT molecular complexity index is 830. The van der Waals surface area contributed by atoms with Crippen LogP contribution in [0.1, 0.15) is 5.01 Å². The fourth-order valence-electron chi connectivity index (χ4n) is 1.77. The summed E-state index contributed by atoms with van der Waals surface area (Å²) < 4.78 is 1.03. The molecule has 102 valence electrons. The molecule has 21 heavy (non-hydrogen) atoms. The van der Waals surface area contributed by atoms with Crippen molar-refractivity contribution in [1.82, 2.24) is 4.98 Å². The quantitative estimate of drug-likeness (QED) is 0.579. The number of nitrogens with zero attached hydrogens (tertiary/aromatic N) is 3. The number of rotatable bonds is 3. The topological polar surface area (TPSA) is 61.1 Å². The Labute approximate surface area is 130 Å². The van der Waals surface area contributed by atoms with Crippen LogP contribution in [0.25, 0.3) is 10.2 Å². The van der Waals surface area contributed by atoms with Crippen LogP contribution in [-0.4, -0.2) is 10.7 Å². The summed E-state index contributed by atoms with van der Waals surface area (Å²) in [4.78, 5) is 4.41. The van der Waals surface area contributed by atoms with Crippen LogP contribution in [0, 0.1) is 11.3 Å². The Morgan fingerprint density at radius 3 is 2.86 bits per heavy atom. The van der Waals surface area contributed by atoms with Gasteiger partial charge in [-0.15, -0.1) is 11.3 Å². The molecule has 0 atom stereocenters. The molecule has 3 rings (SSSR count). The van der Waals surface area contributed by atoms with Crippen LogP contribution in [0.4, 0.5) is 5.69 Å². The molecule has 1 aromatic heterocycles. The van der Waals surface area contributed by atoms with Crippen molar-refractivity contribution in [1.29, 1.82) is 5.26 Å². The lowest BCUT2D eigenvalue weighted by atomic mass is 10.3. The molecule has 0 aliphatic rings. The van der Waals surface area contributed by atoms with Crippen molar-refractivity contribution in [2.24, 2.45) is 5.10 Å². The molecule has 1 N–H and O–H groups in total. The van der Waals surface area contributed by atoms with Gasteiger partial charge in [-0.2, -0.15) is 10.4 Å². The van der Waals surface area contributed by atoms with Gasteiger partial charge in [0.05, 0.1) is 15.9 Å². The minimum atomic E-state index is 0.246. The summed E-state index contributed by atoms with van der Waals surface area (Å²) in [6.45, 7) is 0. The van der Waals surface area contributed by atoms with Crippen LogP contribution < -0.4 is 5.43 Å². The average Bonchev–Trinajstić information content (AvgIpc) is 2.91. The number of hydrazone groups is 1. The Balaban J connectivity index is 1.91. The van der Waals surface area contributed by atoms with Gasteiger partial charge < -0.3 is 0 Å². The number of benzene rings is 2. The van der Waals surface area contributed by atoms with E-state index in [-0.39, 0.29) is 5.71 Å². The Morgan fingerprint density at radius 1 is 1.24 bits per heavy atom. The zero-order valence-electron chi connectivity index (χ0n) is 10.7. The summed E-state index contributed by atoms with van der Waals surface area (Å²) in [5, 5.41) is 14.6. The van der Waals surface area contributed by atoms with E-state index >= 15 is 0 Å². The van der Waals surface area contributed by atoms with Crippen LogP contribution in [0.3, 0.4) is 0 Å². The number of nitriles is 1. The van der Waals surface area contributed by atoms with E-state index in [0.717, 1.165) is 15.9 Å². The second-order valence-electron chi connectivity index (χ2n) is 4.18. The smallest absolute Gasteiger partial charge is 0.196 e. The first-order valence-corrected chi connectivity index (χ1v) is 7.31. The molecule has 0 saturated heterocycles. The van der Waals surface area contributed by atoms with Gasteiger partial charge in [0.25, 0.3) is 0 Å². The first kappa shape index (κ1) is 13.6. The van der Waals surface area contributed by atoms with E-state index in [4.69, 9.17) is 11.6 Å². The minimum Gasteiger partial charge on any atom is -0.277 e. The number of hydrogen-bond donors (Lipinski definition) is 1. The Morgan fingerprint density at radius 2 is 2.10 bits per heavy atom. The molecule has 0 aliphatic carbocycles. The van der Waals surface area contributed by atoms with Gasteiger partial charge in [-0.05, 0) is 30.3 Å². The molecule has 0 aliphatic heterocycles. The van der Waals surface area contributed by atoms with Gasteiger partial charge in [0.15, 0.2) is 10.7 Å². The molecule has 0 saturated carbocycles. The van der Waals surface area contributed by atoms with E-state index in [9.17, 15) is 5.26 Å². The molecule has 3 aromatic rings. The van der Waals surface area contributed by atoms with Crippen LogP contribution in [-0.2, 0) is 0 Å². The Kier molecular flexibility index (Phi) is 3.82. The van der Waals surface area contributed by atoms with Gasteiger partial charge in [-0.25, -0.2) is 4.98 Å². The standard InChI is InChI=1S/C15H9ClN4S/c16-10-4-3-5-11(8-10)19-20-13(9-17)15-18-12-6-1-2-7-14(12)21-15/h1-8,19H. The lowest BCUT2D eigenvalue weighted by molar-refractivity contribution is 1.32. The van der Waals surface area contributed by atoms with E-state index in [0.29, 0.717) is 10.0 Å². The maximum absolute atomic E-state index is 9.26. The zero-order chi connectivity index (χ0) is 14.7. The molecule has 6 heteroatoms. The third kappa shape index (κ3) is 3.02. The number of nitrogens with one attached hydrogen (secondary N) is 1. The third-order valence-electron chi connectivity index (χ3n) is 2.72. The molecular formula is C15H9ClN4S. The van der Waals surface area contributed by atoms with Crippen molar-refractivity contribution in [3.05, 3.63) is 58.6 Å². The number of fused-ring (bicyclic) bond motifs is 1. The molecule has 0 radical (unpaired) electrons. The van der Waals surface area contributed by atoms with E-state index in [1.165, 1.54) is 11.3 Å². The number of halogens is 1. The van der Waals surface area contributed by atoms with Crippen LogP contribution in [0.15, 0.2) is 53.6 Å². The van der Waals surface area contributed by atoms with Crippen LogP contribution in [0.5, 0.6) is 0 Å². The van der Waals surface area contributed by atoms with E-state index in [1.54, 1.807) is 12.1 Å². The molecule has 0 unspecified atom stereocenters. The van der Waals surface area contributed by atoms with Crippen molar-refractivity contribution >= 4 is 44.6 Å². The van der Waals surface area contributed by atoms with Gasteiger partial charge in [0, 0.05) is 5.02 Å². The molecule has 0 fully saturated rings. The summed E-state index contributed by atoms with van der Waals surface area (Å²) in [5.41, 5.74) is 4.66. The molecule has 0 amide bonds. The van der Waals surface area contributed by atoms with E-state index < -0.39 is 0 Å². The van der Waals surface area contributed by atoms with Crippen molar-refractivity contribution in [2.75, 3.05) is 5.43 Å². The second kappa shape index (κ2) is 5.92. The SMILES string of the molecule is N#CC(=NNc1cccc(Cl)c1)c1nc2ccccc2s1. The van der Waals surface area contributed by atoms with Crippen LogP contribution in [0.2, 0.25) is 5.02 Å². The summed E-state index contributed by atoms with van der Waals surface area (Å²) in [7, 11) is 0. The maximum atomic E-state index is 9.26. The lowest BCUT2D eigenvalue weighted by Crippen LogP contribution is -2.01. The van der Waals surface area contributed by atoms with Crippen LogP contribution >= 0.6 is 22.9 Å². The van der Waals surface area contributed by atoms with Crippen molar-refractivity contribution in [2.45, 2.75) is 0 Å². The maximum Gasteiger partial charge on any atom is 0.196 e. The zero-order valence-corrected chi connectivity index (χ0v) is 12.3. The molecule has 4 nitrogen and oxygen atoms in total. The van der Waals surface area contributed by atoms with Gasteiger partial charge >= 0.3 is 0 Å².